The topological polar surface area (TPSA) is 118 Å². The molecule has 0 radical (unpaired) electrons. The second-order valence-corrected chi connectivity index (χ2v) is 2.35. The minimum Gasteiger partial charge on any atom is -0.477 e. The summed E-state index contributed by atoms with van der Waals surface area (Å²) in [7, 11) is 0. The fraction of sp³-hybridized carbons (Fsp3) is 0.143. The predicted octanol–water partition coefficient (Wildman–Crippen LogP) is -0.928. The van der Waals surface area contributed by atoms with Crippen molar-refractivity contribution in [3.8, 4) is 0 Å². The molecule has 0 bridgehead atoms. The molecule has 0 spiro atoms. The molecule has 1 heterocycles. The Morgan fingerprint density at radius 3 is 2.79 bits per heavy atom. The van der Waals surface area contributed by atoms with Gasteiger partial charge in [0.25, 0.3) is 0 Å². The van der Waals surface area contributed by atoms with Gasteiger partial charge in [0.2, 0.25) is 5.91 Å². The Morgan fingerprint density at radius 1 is 1.50 bits per heavy atom. The maximum atomic E-state index is 10.8. The quantitative estimate of drug-likeness (QED) is 0.574. The Balaban J connectivity index is 2.83. The highest BCUT2D eigenvalue weighted by Crippen LogP contribution is 2.03. The highest BCUT2D eigenvalue weighted by Gasteiger charge is 2.07. The molecule has 14 heavy (non-hydrogen) atoms. The molecule has 7 nitrogen and oxygen atoms in total. The van der Waals surface area contributed by atoms with Gasteiger partial charge in [-0.15, -0.1) is 0 Å². The lowest BCUT2D eigenvalue weighted by Crippen LogP contribution is -2.22. The predicted molar refractivity (Wildman–Crippen MR) is 46.7 cm³/mol. The van der Waals surface area contributed by atoms with E-state index in [9.17, 15) is 9.59 Å². The van der Waals surface area contributed by atoms with Crippen LogP contribution in [0.3, 0.4) is 0 Å². The zero-order valence-electron chi connectivity index (χ0n) is 7.10. The van der Waals surface area contributed by atoms with Crippen LogP contribution in [0.15, 0.2) is 12.4 Å². The number of amides is 1. The summed E-state index contributed by atoms with van der Waals surface area (Å²) in [5.41, 5.74) is 4.86. The number of hydrogen-bond acceptors (Lipinski definition) is 5. The molecule has 1 aromatic heterocycles. The van der Waals surface area contributed by atoms with Crippen molar-refractivity contribution in [1.29, 1.82) is 0 Å². The van der Waals surface area contributed by atoms with Gasteiger partial charge in [0.15, 0.2) is 5.69 Å². The Morgan fingerprint density at radius 2 is 2.21 bits per heavy atom. The van der Waals surface area contributed by atoms with E-state index >= 15 is 0 Å². The first-order chi connectivity index (χ1) is 6.63. The van der Waals surface area contributed by atoms with Crippen molar-refractivity contribution in [3.05, 3.63) is 18.1 Å². The Kier molecular flexibility index (Phi) is 3.08. The highest BCUT2D eigenvalue weighted by molar-refractivity contribution is 5.92. The van der Waals surface area contributed by atoms with E-state index in [1.165, 1.54) is 0 Å². The average Bonchev–Trinajstić information content (AvgIpc) is 2.18. The summed E-state index contributed by atoms with van der Waals surface area (Å²) in [5, 5.41) is 10.9. The number of carboxylic acid groups (broad SMARTS) is 1. The summed E-state index contributed by atoms with van der Waals surface area (Å²) in [6, 6.07) is 1.15. The Hall–Kier alpha value is -2.02. The van der Waals surface area contributed by atoms with Crippen LogP contribution in [0, 0.1) is 0 Å². The number of carbonyl (C=O) groups is 2. The largest absolute Gasteiger partial charge is 0.477 e. The Bertz CT molecular complexity index is 366. The number of aromatic nitrogens is 2. The first-order valence-electron chi connectivity index (χ1n) is 3.68. The van der Waals surface area contributed by atoms with Crippen molar-refractivity contribution < 1.29 is 14.7 Å². The van der Waals surface area contributed by atoms with Gasteiger partial charge in [0.1, 0.15) is 12.1 Å². The summed E-state index contributed by atoms with van der Waals surface area (Å²) in [4.78, 5) is 28.4. The molecule has 0 atom stereocenters. The second kappa shape index (κ2) is 4.28. The molecule has 0 aromatic carbocycles. The average molecular weight is 196 g/mol. The minimum absolute atomic E-state index is 0.118. The number of anilines is 1. The van der Waals surface area contributed by atoms with E-state index in [1.54, 1.807) is 0 Å². The smallest absolute Gasteiger partial charge is 0.354 e. The maximum absolute atomic E-state index is 10.8. The first-order valence-corrected chi connectivity index (χ1v) is 3.68. The summed E-state index contributed by atoms with van der Waals surface area (Å²) < 4.78 is 0. The van der Waals surface area contributed by atoms with Crippen LogP contribution in [0.1, 0.15) is 10.5 Å². The standard InChI is InChI=1S/C7H8N4O3/c8-2-6(12)11-5-1-4(7(13)14)9-3-10-5/h1,3H,2,8H2,(H,13,14)(H,9,10,11,12). The molecule has 0 unspecified atom stereocenters. The molecular formula is C7H8N4O3. The number of rotatable bonds is 3. The van der Waals surface area contributed by atoms with Gasteiger partial charge >= 0.3 is 5.97 Å². The van der Waals surface area contributed by atoms with Gasteiger partial charge in [-0.05, 0) is 0 Å². The van der Waals surface area contributed by atoms with Crippen LogP contribution < -0.4 is 11.1 Å². The monoisotopic (exact) mass is 196 g/mol. The van der Waals surface area contributed by atoms with Gasteiger partial charge in [-0.2, -0.15) is 0 Å². The first kappa shape index (κ1) is 10.1. The lowest BCUT2D eigenvalue weighted by molar-refractivity contribution is -0.114. The third kappa shape index (κ3) is 2.49. The van der Waals surface area contributed by atoms with E-state index in [4.69, 9.17) is 10.8 Å². The lowest BCUT2D eigenvalue weighted by atomic mass is 10.4. The van der Waals surface area contributed by atoms with Crippen LogP contribution in [-0.2, 0) is 4.79 Å². The van der Waals surface area contributed by atoms with E-state index in [-0.39, 0.29) is 18.1 Å². The number of nitrogens with one attached hydrogen (secondary N) is 1. The second-order valence-electron chi connectivity index (χ2n) is 2.35. The van der Waals surface area contributed by atoms with Gasteiger partial charge in [0, 0.05) is 6.07 Å². The lowest BCUT2D eigenvalue weighted by Gasteiger charge is -2.01. The van der Waals surface area contributed by atoms with Crippen LogP contribution in [0.2, 0.25) is 0 Å². The van der Waals surface area contributed by atoms with Crippen molar-refractivity contribution in [2.24, 2.45) is 5.73 Å². The van der Waals surface area contributed by atoms with E-state index in [2.05, 4.69) is 15.3 Å². The zero-order valence-corrected chi connectivity index (χ0v) is 7.10. The number of nitrogens with zero attached hydrogens (tertiary/aromatic N) is 2. The molecule has 74 valence electrons. The molecule has 1 amide bonds. The molecular weight excluding hydrogens is 188 g/mol. The van der Waals surface area contributed by atoms with Gasteiger partial charge in [-0.25, -0.2) is 14.8 Å². The molecule has 1 aromatic rings. The molecule has 0 aliphatic rings. The molecule has 4 N–H and O–H groups in total. The number of carbonyl (C=O) groups excluding carboxylic acids is 1. The minimum atomic E-state index is -1.18. The van der Waals surface area contributed by atoms with Gasteiger partial charge in [-0.1, -0.05) is 0 Å². The van der Waals surface area contributed by atoms with E-state index in [0.717, 1.165) is 12.4 Å². The van der Waals surface area contributed by atoms with Crippen molar-refractivity contribution in [2.45, 2.75) is 0 Å². The SMILES string of the molecule is NCC(=O)Nc1cc(C(=O)O)ncn1. The van der Waals surface area contributed by atoms with Crippen LogP contribution in [0.4, 0.5) is 5.82 Å². The van der Waals surface area contributed by atoms with E-state index < -0.39 is 11.9 Å². The van der Waals surface area contributed by atoms with Crippen molar-refractivity contribution in [2.75, 3.05) is 11.9 Å². The van der Waals surface area contributed by atoms with Crippen molar-refractivity contribution in [1.82, 2.24) is 9.97 Å². The van der Waals surface area contributed by atoms with Crippen molar-refractivity contribution >= 4 is 17.7 Å². The van der Waals surface area contributed by atoms with E-state index in [1.807, 2.05) is 0 Å². The molecule has 0 aliphatic heterocycles. The van der Waals surface area contributed by atoms with Crippen LogP contribution >= 0.6 is 0 Å². The van der Waals surface area contributed by atoms with E-state index in [0.29, 0.717) is 0 Å². The number of carboxylic acids is 1. The number of hydrogen-bond donors (Lipinski definition) is 3. The maximum Gasteiger partial charge on any atom is 0.354 e. The van der Waals surface area contributed by atoms with Crippen LogP contribution in [-0.4, -0.2) is 33.5 Å². The van der Waals surface area contributed by atoms with Gasteiger partial charge in [0.05, 0.1) is 6.54 Å². The fourth-order valence-corrected chi connectivity index (χ4v) is 0.736. The molecule has 7 heteroatoms. The van der Waals surface area contributed by atoms with Gasteiger partial charge < -0.3 is 16.2 Å². The molecule has 1 rings (SSSR count). The van der Waals surface area contributed by atoms with Crippen LogP contribution in [0.25, 0.3) is 0 Å². The highest BCUT2D eigenvalue weighted by atomic mass is 16.4. The molecule has 0 fully saturated rings. The number of aromatic carboxylic acids is 1. The zero-order chi connectivity index (χ0) is 10.6. The molecule has 0 saturated carbocycles. The Labute approximate surface area is 79.0 Å². The van der Waals surface area contributed by atoms with Gasteiger partial charge in [-0.3, -0.25) is 4.79 Å². The van der Waals surface area contributed by atoms with Crippen molar-refractivity contribution in [3.63, 3.8) is 0 Å². The molecule has 0 aliphatic carbocycles. The third-order valence-corrected chi connectivity index (χ3v) is 1.34. The summed E-state index contributed by atoms with van der Waals surface area (Å²) in [6.07, 6.45) is 1.05. The fourth-order valence-electron chi connectivity index (χ4n) is 0.736. The summed E-state index contributed by atoms with van der Waals surface area (Å²) in [6.45, 7) is -0.188. The third-order valence-electron chi connectivity index (χ3n) is 1.34. The molecule has 0 saturated heterocycles. The summed E-state index contributed by atoms with van der Waals surface area (Å²) >= 11 is 0. The summed E-state index contributed by atoms with van der Waals surface area (Å²) in [5.74, 6) is -1.51. The number of nitrogens with two attached hydrogens (primary N) is 1. The van der Waals surface area contributed by atoms with Crippen LogP contribution in [0.5, 0.6) is 0 Å². The normalized spacial score (nSPS) is 9.50.